The summed E-state index contributed by atoms with van der Waals surface area (Å²) in [5, 5.41) is 2.10. The second-order valence-corrected chi connectivity index (χ2v) is 18.8. The van der Waals surface area contributed by atoms with E-state index in [-0.39, 0.29) is 29.3 Å². The van der Waals surface area contributed by atoms with Gasteiger partial charge >= 0.3 is 11.9 Å². The third kappa shape index (κ3) is 9.75. The van der Waals surface area contributed by atoms with Crippen LogP contribution in [0.25, 0.3) is 0 Å². The summed E-state index contributed by atoms with van der Waals surface area (Å²) in [6.45, 7) is 16.2. The molecular formula is C40H52O7Si. The lowest BCUT2D eigenvalue weighted by Crippen LogP contribution is -2.69. The van der Waals surface area contributed by atoms with E-state index in [1.807, 2.05) is 65.0 Å². The molecule has 0 N–H and O–H groups in total. The molecule has 0 saturated carbocycles. The summed E-state index contributed by atoms with van der Waals surface area (Å²) in [5.74, 6) is -0.815. The highest BCUT2D eigenvalue weighted by atomic mass is 28.4. The fourth-order valence-electron chi connectivity index (χ4n) is 6.13. The molecule has 5 atom stereocenters. The van der Waals surface area contributed by atoms with Gasteiger partial charge in [-0.3, -0.25) is 0 Å². The van der Waals surface area contributed by atoms with Crippen LogP contribution in [0.2, 0.25) is 5.04 Å². The van der Waals surface area contributed by atoms with Crippen molar-refractivity contribution in [3.8, 4) is 0 Å². The van der Waals surface area contributed by atoms with Gasteiger partial charge in [0.1, 0.15) is 5.60 Å². The van der Waals surface area contributed by atoms with Crippen LogP contribution in [0.3, 0.4) is 0 Å². The van der Waals surface area contributed by atoms with E-state index in [4.69, 9.17) is 23.4 Å². The van der Waals surface area contributed by atoms with E-state index in [0.29, 0.717) is 24.8 Å². The molecule has 0 aliphatic carbocycles. The number of carbonyl (C=O) groups excluding carboxylic acids is 2. The van der Waals surface area contributed by atoms with Crippen LogP contribution in [0.5, 0.6) is 0 Å². The number of carbonyl (C=O) groups is 2. The molecule has 0 spiro atoms. The lowest BCUT2D eigenvalue weighted by atomic mass is 10.0. The van der Waals surface area contributed by atoms with Crippen LogP contribution in [-0.2, 0) is 28.2 Å². The predicted octanol–water partition coefficient (Wildman–Crippen LogP) is 7.38. The van der Waals surface area contributed by atoms with Crippen LogP contribution in [0.15, 0.2) is 103 Å². The number of esters is 2. The lowest BCUT2D eigenvalue weighted by Gasteiger charge is -2.48. The van der Waals surface area contributed by atoms with E-state index in [2.05, 4.69) is 69.3 Å². The van der Waals surface area contributed by atoms with Crippen molar-refractivity contribution in [2.75, 3.05) is 0 Å². The third-order valence-electron chi connectivity index (χ3n) is 8.42. The predicted molar refractivity (Wildman–Crippen MR) is 192 cm³/mol. The number of allylic oxidation sites excluding steroid dienone is 1. The Labute approximate surface area is 287 Å². The zero-order valence-corrected chi connectivity index (χ0v) is 30.7. The number of ether oxygens (including phenoxy) is 4. The molecular weight excluding hydrogens is 621 g/mol. The van der Waals surface area contributed by atoms with Crippen molar-refractivity contribution in [1.82, 2.24) is 0 Å². The molecule has 0 radical (unpaired) electrons. The maximum absolute atomic E-state index is 13.4. The highest BCUT2D eigenvalue weighted by Gasteiger charge is 2.53. The largest absolute Gasteiger partial charge is 0.457 e. The minimum atomic E-state index is -2.92. The van der Waals surface area contributed by atoms with Crippen molar-refractivity contribution in [3.05, 3.63) is 109 Å². The number of hydrogen-bond donors (Lipinski definition) is 0. The highest BCUT2D eigenvalue weighted by molar-refractivity contribution is 6.99. The van der Waals surface area contributed by atoms with Crippen molar-refractivity contribution in [2.24, 2.45) is 0 Å². The van der Waals surface area contributed by atoms with Crippen LogP contribution in [0.1, 0.15) is 85.0 Å². The van der Waals surface area contributed by atoms with Crippen LogP contribution in [-0.4, -0.2) is 56.6 Å². The Hall–Kier alpha value is -3.56. The second-order valence-electron chi connectivity index (χ2n) is 14.5. The summed E-state index contributed by atoms with van der Waals surface area (Å²) in [6, 6.07) is 29.9. The van der Waals surface area contributed by atoms with Gasteiger partial charge in [-0.2, -0.15) is 0 Å². The van der Waals surface area contributed by atoms with Gasteiger partial charge in [-0.1, -0.05) is 106 Å². The minimum Gasteiger partial charge on any atom is -0.457 e. The van der Waals surface area contributed by atoms with E-state index in [9.17, 15) is 9.59 Å². The maximum atomic E-state index is 13.4. The van der Waals surface area contributed by atoms with Gasteiger partial charge < -0.3 is 23.4 Å². The van der Waals surface area contributed by atoms with Crippen molar-refractivity contribution in [1.29, 1.82) is 0 Å². The van der Waals surface area contributed by atoms with Gasteiger partial charge in [-0.25, -0.2) is 9.59 Å². The normalized spacial score (nSPS) is 21.1. The van der Waals surface area contributed by atoms with Crippen molar-refractivity contribution < 1.29 is 33.0 Å². The molecule has 258 valence electrons. The second kappa shape index (κ2) is 16.2. The van der Waals surface area contributed by atoms with Crippen LogP contribution in [0, 0.1) is 0 Å². The van der Waals surface area contributed by atoms with Gasteiger partial charge in [0.05, 0.1) is 23.9 Å². The van der Waals surface area contributed by atoms with Gasteiger partial charge in [0.2, 0.25) is 0 Å². The van der Waals surface area contributed by atoms with Gasteiger partial charge in [0, 0.05) is 12.5 Å². The molecule has 0 bridgehead atoms. The molecule has 1 aliphatic heterocycles. The summed E-state index contributed by atoms with van der Waals surface area (Å²) in [4.78, 5) is 25.4. The first-order valence-electron chi connectivity index (χ1n) is 16.9. The summed E-state index contributed by atoms with van der Waals surface area (Å²) >= 11 is 0. The molecule has 48 heavy (non-hydrogen) atoms. The first kappa shape index (κ1) is 37.3. The molecule has 3 aromatic carbocycles. The number of hydrogen-bond acceptors (Lipinski definition) is 7. The topological polar surface area (TPSA) is 80.3 Å². The summed E-state index contributed by atoms with van der Waals surface area (Å²) in [5.41, 5.74) is -0.0858. The quantitative estimate of drug-likeness (QED) is 0.113. The molecule has 1 heterocycles. The van der Waals surface area contributed by atoms with E-state index in [0.717, 1.165) is 0 Å². The Bertz CT molecular complexity index is 1440. The van der Waals surface area contributed by atoms with Gasteiger partial charge in [-0.15, -0.1) is 0 Å². The third-order valence-corrected chi connectivity index (χ3v) is 13.5. The van der Waals surface area contributed by atoms with Crippen molar-refractivity contribution >= 4 is 30.6 Å². The standard InChI is InChI=1S/C40H52O7Si/c1-29(20-18-19-27-36(41)46-39(3,4)5)43-38-35(45-37(42)31-21-12-9-13-22-31)28-34(30(2)44-38)47-48(40(6,7)8,32-23-14-10-15-24-32)33-25-16-11-17-26-33/h9-17,19,21-27,29-30,34-35,38H,18,20,28H2,1-8H3/b27-19+. The maximum Gasteiger partial charge on any atom is 0.338 e. The van der Waals surface area contributed by atoms with Gasteiger partial charge in [-0.05, 0) is 75.0 Å². The Balaban J connectivity index is 1.58. The lowest BCUT2D eigenvalue weighted by molar-refractivity contribution is -0.270. The van der Waals surface area contributed by atoms with Crippen molar-refractivity contribution in [2.45, 2.75) is 116 Å². The zero-order valence-electron chi connectivity index (χ0n) is 29.7. The summed E-state index contributed by atoms with van der Waals surface area (Å²) in [6.07, 6.45) is 2.42. The van der Waals surface area contributed by atoms with E-state index in [1.54, 1.807) is 18.2 Å². The Morgan fingerprint density at radius 2 is 1.40 bits per heavy atom. The average Bonchev–Trinajstić information content (AvgIpc) is 3.03. The molecule has 4 rings (SSSR count). The Kier molecular flexibility index (Phi) is 12.6. The molecule has 8 heteroatoms. The molecule has 1 aliphatic rings. The molecule has 3 aromatic rings. The van der Waals surface area contributed by atoms with Gasteiger partial charge in [0.15, 0.2) is 12.4 Å². The molecule has 5 unspecified atom stereocenters. The zero-order chi connectivity index (χ0) is 35.0. The fraction of sp³-hybridized carbons (Fsp3) is 0.450. The molecule has 1 saturated heterocycles. The van der Waals surface area contributed by atoms with Crippen LogP contribution in [0.4, 0.5) is 0 Å². The highest BCUT2D eigenvalue weighted by Crippen LogP contribution is 2.40. The van der Waals surface area contributed by atoms with E-state index in [1.165, 1.54) is 16.4 Å². The first-order chi connectivity index (χ1) is 22.7. The average molecular weight is 673 g/mol. The Morgan fingerprint density at radius 3 is 1.92 bits per heavy atom. The monoisotopic (exact) mass is 672 g/mol. The fourth-order valence-corrected chi connectivity index (χ4v) is 10.9. The molecule has 0 aromatic heterocycles. The summed E-state index contributed by atoms with van der Waals surface area (Å²) < 4.78 is 31.9. The molecule has 1 fully saturated rings. The van der Waals surface area contributed by atoms with E-state index >= 15 is 0 Å². The molecule has 7 nitrogen and oxygen atoms in total. The number of benzene rings is 3. The first-order valence-corrected chi connectivity index (χ1v) is 18.9. The van der Waals surface area contributed by atoms with Crippen molar-refractivity contribution in [3.63, 3.8) is 0 Å². The number of rotatable bonds is 12. The summed E-state index contributed by atoms with van der Waals surface area (Å²) in [7, 11) is -2.92. The van der Waals surface area contributed by atoms with Crippen LogP contribution < -0.4 is 10.4 Å². The van der Waals surface area contributed by atoms with Crippen LogP contribution >= 0.6 is 0 Å². The molecule has 0 amide bonds. The van der Waals surface area contributed by atoms with E-state index < -0.39 is 32.3 Å². The minimum absolute atomic E-state index is 0.236. The Morgan fingerprint density at radius 1 is 0.854 bits per heavy atom. The smallest absolute Gasteiger partial charge is 0.338 e. The SMILES string of the molecule is CC(CC/C=C/C(=O)OC(C)(C)C)OC1OC(C)C(O[Si](c2ccccc2)(c2ccccc2)C(C)(C)C)CC1OC(=O)c1ccccc1. The van der Waals surface area contributed by atoms with Gasteiger partial charge in [0.25, 0.3) is 8.32 Å².